The summed E-state index contributed by atoms with van der Waals surface area (Å²) in [5.74, 6) is 1.10. The van der Waals surface area contributed by atoms with Gasteiger partial charge in [0.2, 0.25) is 5.91 Å². The van der Waals surface area contributed by atoms with Crippen LogP contribution in [0.3, 0.4) is 0 Å². The van der Waals surface area contributed by atoms with Crippen molar-refractivity contribution in [3.63, 3.8) is 0 Å². The van der Waals surface area contributed by atoms with E-state index < -0.39 is 10.0 Å². The molecule has 31 heavy (non-hydrogen) atoms. The summed E-state index contributed by atoms with van der Waals surface area (Å²) >= 11 is 1.65. The van der Waals surface area contributed by atoms with Crippen LogP contribution in [0, 0.1) is 13.8 Å². The molecular formula is C23H29N3O3S2. The number of aryl methyl sites for hydroxylation is 2. The normalized spacial score (nSPS) is 14.5. The summed E-state index contributed by atoms with van der Waals surface area (Å²) < 4.78 is 27.8. The zero-order valence-electron chi connectivity index (χ0n) is 18.0. The van der Waals surface area contributed by atoms with E-state index >= 15 is 0 Å². The van der Waals surface area contributed by atoms with Crippen molar-refractivity contribution in [2.45, 2.75) is 55.7 Å². The Morgan fingerprint density at radius 3 is 2.55 bits per heavy atom. The summed E-state index contributed by atoms with van der Waals surface area (Å²) in [6, 6.07) is 12.5. The lowest BCUT2D eigenvalue weighted by Gasteiger charge is -2.11. The number of carbonyl (C=O) groups is 1. The van der Waals surface area contributed by atoms with Gasteiger partial charge in [-0.2, -0.15) is 0 Å². The van der Waals surface area contributed by atoms with Crippen molar-refractivity contribution in [2.24, 2.45) is 4.99 Å². The fraction of sp³-hybridized carbons (Fsp3) is 0.391. The third-order valence-corrected chi connectivity index (χ3v) is 7.54. The van der Waals surface area contributed by atoms with Crippen molar-refractivity contribution in [2.75, 3.05) is 17.6 Å². The number of rotatable bonds is 7. The zero-order chi connectivity index (χ0) is 22.3. The van der Waals surface area contributed by atoms with Gasteiger partial charge in [0.25, 0.3) is 10.0 Å². The quantitative estimate of drug-likeness (QED) is 0.589. The smallest absolute Gasteiger partial charge is 0.262 e. The van der Waals surface area contributed by atoms with Crippen LogP contribution in [-0.2, 0) is 14.8 Å². The molecule has 0 fully saturated rings. The fourth-order valence-electron chi connectivity index (χ4n) is 3.18. The molecule has 3 rings (SSSR count). The van der Waals surface area contributed by atoms with Gasteiger partial charge in [-0.15, -0.1) is 11.8 Å². The van der Waals surface area contributed by atoms with Gasteiger partial charge < -0.3 is 5.32 Å². The number of nitrogens with zero attached hydrogens (tertiary/aromatic N) is 1. The monoisotopic (exact) mass is 459 g/mol. The first-order chi connectivity index (χ1) is 14.8. The Labute approximate surface area is 189 Å². The summed E-state index contributed by atoms with van der Waals surface area (Å²) in [6.07, 6.45) is 4.01. The number of nitrogens with one attached hydrogen (secondary N) is 2. The van der Waals surface area contributed by atoms with E-state index in [0.29, 0.717) is 36.7 Å². The van der Waals surface area contributed by atoms with E-state index in [0.717, 1.165) is 24.2 Å². The molecule has 2 aromatic rings. The standard InChI is InChI=1S/C23H29N3O3S2/c1-17-7-10-20(16-18(17)2)30-15-13-23(27)25-19-8-11-21(12-9-19)31(28,29)26-22-6-4-3-5-14-24-22/h7-12,16H,3-6,13-15H2,1-2H3,(H,24,26)(H,25,27). The van der Waals surface area contributed by atoms with Gasteiger partial charge in [-0.05, 0) is 74.2 Å². The zero-order valence-corrected chi connectivity index (χ0v) is 19.6. The second-order valence-electron chi connectivity index (χ2n) is 7.66. The molecule has 6 nitrogen and oxygen atoms in total. The van der Waals surface area contributed by atoms with E-state index in [1.165, 1.54) is 23.3 Å². The van der Waals surface area contributed by atoms with Gasteiger partial charge in [-0.1, -0.05) is 12.5 Å². The van der Waals surface area contributed by atoms with Crippen molar-refractivity contribution < 1.29 is 13.2 Å². The predicted molar refractivity (Wildman–Crippen MR) is 127 cm³/mol. The molecule has 1 amide bonds. The molecule has 0 atom stereocenters. The Morgan fingerprint density at radius 1 is 1.03 bits per heavy atom. The van der Waals surface area contributed by atoms with Crippen molar-refractivity contribution in [1.29, 1.82) is 0 Å². The van der Waals surface area contributed by atoms with Gasteiger partial charge >= 0.3 is 0 Å². The lowest BCUT2D eigenvalue weighted by molar-refractivity contribution is -0.115. The summed E-state index contributed by atoms with van der Waals surface area (Å²) in [5, 5.41) is 2.83. The highest BCUT2D eigenvalue weighted by molar-refractivity contribution is 7.99. The maximum absolute atomic E-state index is 12.6. The highest BCUT2D eigenvalue weighted by Crippen LogP contribution is 2.22. The number of amidine groups is 1. The molecule has 166 valence electrons. The average Bonchev–Trinajstić information content (AvgIpc) is 2.99. The van der Waals surface area contributed by atoms with Crippen LogP contribution in [0.1, 0.15) is 43.2 Å². The van der Waals surface area contributed by atoms with E-state index in [2.05, 4.69) is 47.1 Å². The van der Waals surface area contributed by atoms with Crippen molar-refractivity contribution in [3.8, 4) is 0 Å². The van der Waals surface area contributed by atoms with Gasteiger partial charge in [0.1, 0.15) is 5.84 Å². The van der Waals surface area contributed by atoms with E-state index in [-0.39, 0.29) is 10.8 Å². The van der Waals surface area contributed by atoms with E-state index in [9.17, 15) is 13.2 Å². The Morgan fingerprint density at radius 2 is 1.81 bits per heavy atom. The molecule has 2 aromatic carbocycles. The van der Waals surface area contributed by atoms with Gasteiger partial charge in [-0.3, -0.25) is 14.5 Å². The highest BCUT2D eigenvalue weighted by atomic mass is 32.2. The molecule has 2 N–H and O–H groups in total. The van der Waals surface area contributed by atoms with E-state index in [4.69, 9.17) is 0 Å². The molecular weight excluding hydrogens is 430 g/mol. The predicted octanol–water partition coefficient (Wildman–Crippen LogP) is 4.68. The van der Waals surface area contributed by atoms with Crippen LogP contribution in [0.4, 0.5) is 5.69 Å². The molecule has 0 saturated heterocycles. The Kier molecular flexibility index (Phi) is 8.15. The number of benzene rings is 2. The minimum Gasteiger partial charge on any atom is -0.326 e. The topological polar surface area (TPSA) is 87.6 Å². The van der Waals surface area contributed by atoms with Crippen LogP contribution in [-0.4, -0.2) is 32.5 Å². The fourth-order valence-corrected chi connectivity index (χ4v) is 5.21. The van der Waals surface area contributed by atoms with Crippen molar-refractivity contribution in [3.05, 3.63) is 53.6 Å². The molecule has 8 heteroatoms. The Hall–Kier alpha value is -2.32. The van der Waals surface area contributed by atoms with Gasteiger partial charge in [0, 0.05) is 35.7 Å². The number of amides is 1. The molecule has 0 aromatic heterocycles. The number of sulfonamides is 1. The van der Waals surface area contributed by atoms with Gasteiger partial charge in [0.15, 0.2) is 0 Å². The lowest BCUT2D eigenvalue weighted by atomic mass is 10.1. The van der Waals surface area contributed by atoms with Crippen LogP contribution >= 0.6 is 11.8 Å². The van der Waals surface area contributed by atoms with Gasteiger partial charge in [0.05, 0.1) is 4.90 Å². The maximum Gasteiger partial charge on any atom is 0.262 e. The molecule has 1 aliphatic rings. The number of anilines is 1. The molecule has 0 spiro atoms. The van der Waals surface area contributed by atoms with Crippen LogP contribution in [0.5, 0.6) is 0 Å². The second-order valence-corrected chi connectivity index (χ2v) is 10.5. The number of aliphatic imine (C=N–C) groups is 1. The number of carbonyl (C=O) groups excluding carboxylic acids is 1. The molecule has 0 bridgehead atoms. The van der Waals surface area contributed by atoms with E-state index in [1.807, 2.05) is 0 Å². The molecule has 1 heterocycles. The second kappa shape index (κ2) is 10.8. The third-order valence-electron chi connectivity index (χ3n) is 5.15. The molecule has 0 aliphatic carbocycles. The first-order valence-corrected chi connectivity index (χ1v) is 13.0. The van der Waals surface area contributed by atoms with Crippen LogP contribution in [0.15, 0.2) is 57.2 Å². The molecule has 1 aliphatic heterocycles. The van der Waals surface area contributed by atoms with Crippen molar-refractivity contribution in [1.82, 2.24) is 4.72 Å². The summed E-state index contributed by atoms with van der Waals surface area (Å²) in [4.78, 5) is 17.9. The summed E-state index contributed by atoms with van der Waals surface area (Å²) in [7, 11) is -3.67. The minimum atomic E-state index is -3.67. The minimum absolute atomic E-state index is 0.0992. The van der Waals surface area contributed by atoms with Gasteiger partial charge in [-0.25, -0.2) is 8.42 Å². The first kappa shape index (κ1) is 23.3. The van der Waals surface area contributed by atoms with Crippen LogP contribution in [0.25, 0.3) is 0 Å². The largest absolute Gasteiger partial charge is 0.326 e. The maximum atomic E-state index is 12.6. The summed E-state index contributed by atoms with van der Waals surface area (Å²) in [6.45, 7) is 4.81. The van der Waals surface area contributed by atoms with Crippen LogP contribution in [0.2, 0.25) is 0 Å². The Bertz CT molecular complexity index is 1050. The number of hydrogen-bond acceptors (Lipinski definition) is 5. The first-order valence-electron chi connectivity index (χ1n) is 10.5. The Balaban J connectivity index is 1.50. The molecule has 0 unspecified atom stereocenters. The van der Waals surface area contributed by atoms with E-state index in [1.54, 1.807) is 23.9 Å². The number of hydrogen-bond donors (Lipinski definition) is 2. The summed E-state index contributed by atoms with van der Waals surface area (Å²) in [5.41, 5.74) is 3.07. The molecule has 0 radical (unpaired) electrons. The SMILES string of the molecule is Cc1ccc(SCCC(=O)Nc2ccc(S(=O)(=O)NC3=NCCCCC3)cc2)cc1C. The average molecular weight is 460 g/mol. The molecule has 0 saturated carbocycles. The number of thioether (sulfide) groups is 1. The van der Waals surface area contributed by atoms with Crippen molar-refractivity contribution >= 4 is 39.2 Å². The lowest BCUT2D eigenvalue weighted by Crippen LogP contribution is -2.30. The highest BCUT2D eigenvalue weighted by Gasteiger charge is 2.17. The van der Waals surface area contributed by atoms with Crippen LogP contribution < -0.4 is 10.0 Å². The third kappa shape index (κ3) is 7.11.